The van der Waals surface area contributed by atoms with Crippen LogP contribution in [0.25, 0.3) is 22.0 Å². The maximum Gasteiger partial charge on any atom is 0.417 e. The van der Waals surface area contributed by atoms with Crippen LogP contribution in [0, 0.1) is 5.41 Å². The lowest BCUT2D eigenvalue weighted by Crippen LogP contribution is -2.59. The Morgan fingerprint density at radius 3 is 2.39 bits per heavy atom. The lowest BCUT2D eigenvalue weighted by atomic mass is 9.93. The number of thioether (sulfide) groups is 1. The van der Waals surface area contributed by atoms with E-state index in [1.165, 1.54) is 22.1 Å². The van der Waals surface area contributed by atoms with Gasteiger partial charge in [0.2, 0.25) is 5.91 Å². The number of nitrogens with zero attached hydrogens (tertiary/aromatic N) is 4. The fraction of sp³-hybridized carbons (Fsp3) is 0.429. The second-order valence-electron chi connectivity index (χ2n) is 11.8. The van der Waals surface area contributed by atoms with Gasteiger partial charge in [0, 0.05) is 58.7 Å². The van der Waals surface area contributed by atoms with Crippen LogP contribution in [0.15, 0.2) is 39.9 Å². The molecule has 0 aliphatic carbocycles. The van der Waals surface area contributed by atoms with Gasteiger partial charge in [0.15, 0.2) is 9.84 Å². The summed E-state index contributed by atoms with van der Waals surface area (Å²) in [4.78, 5) is 46.0. The number of primary amides is 1. The van der Waals surface area contributed by atoms with Crippen LogP contribution in [0.3, 0.4) is 0 Å². The molecule has 2 atom stereocenters. The lowest BCUT2D eigenvalue weighted by molar-refractivity contribution is -0.137. The van der Waals surface area contributed by atoms with E-state index in [4.69, 9.17) is 5.73 Å². The predicted octanol–water partition coefficient (Wildman–Crippen LogP) is 3.37. The number of nitrogens with two attached hydrogens (primary N) is 1. The van der Waals surface area contributed by atoms with Gasteiger partial charge in [-0.1, -0.05) is 6.58 Å². The smallest absolute Gasteiger partial charge is 0.365 e. The number of amides is 2. The van der Waals surface area contributed by atoms with E-state index in [0.717, 1.165) is 29.2 Å². The minimum atomic E-state index is -4.84. The van der Waals surface area contributed by atoms with E-state index in [2.05, 4.69) is 11.6 Å². The van der Waals surface area contributed by atoms with Gasteiger partial charge in [-0.25, -0.2) is 13.2 Å². The molecule has 2 aromatic heterocycles. The zero-order chi connectivity index (χ0) is 31.9. The van der Waals surface area contributed by atoms with Crippen LogP contribution in [0.5, 0.6) is 0 Å². The Bertz CT molecular complexity index is 1900. The summed E-state index contributed by atoms with van der Waals surface area (Å²) >= 11 is 2.00. The zero-order valence-electron chi connectivity index (χ0n) is 23.7. The first-order valence-electron chi connectivity index (χ1n) is 13.6. The molecule has 3 aromatic rings. The van der Waals surface area contributed by atoms with Crippen LogP contribution in [-0.2, 0) is 27.4 Å². The van der Waals surface area contributed by atoms with Crippen molar-refractivity contribution in [3.8, 4) is 11.1 Å². The molecule has 6 rings (SSSR count). The Kier molecular flexibility index (Phi) is 7.20. The normalized spacial score (nSPS) is 22.5. The summed E-state index contributed by atoms with van der Waals surface area (Å²) in [5.74, 6) is -1.24. The van der Waals surface area contributed by atoms with Crippen LogP contribution in [-0.4, -0.2) is 77.1 Å². The number of alkyl halides is 3. The highest BCUT2D eigenvalue weighted by molar-refractivity contribution is 8.00. The van der Waals surface area contributed by atoms with Crippen molar-refractivity contribution in [2.45, 2.75) is 43.5 Å². The number of hydrogen-bond donors (Lipinski definition) is 1. The summed E-state index contributed by atoms with van der Waals surface area (Å²) in [5.41, 5.74) is 3.02. The fourth-order valence-corrected chi connectivity index (χ4v) is 11.4. The molecule has 1 aromatic carbocycles. The van der Waals surface area contributed by atoms with Gasteiger partial charge in [0.05, 0.1) is 27.5 Å². The van der Waals surface area contributed by atoms with Crippen molar-refractivity contribution < 1.29 is 31.2 Å². The number of rotatable bonds is 4. The maximum atomic E-state index is 14.9. The predicted molar refractivity (Wildman–Crippen MR) is 163 cm³/mol. The second-order valence-corrected chi connectivity index (χ2v) is 15.7. The fourth-order valence-electron chi connectivity index (χ4n) is 6.74. The highest BCUT2D eigenvalue weighted by atomic mass is 32.2. The molecule has 10 nitrogen and oxygen atoms in total. The van der Waals surface area contributed by atoms with E-state index in [0.29, 0.717) is 0 Å². The van der Waals surface area contributed by atoms with Gasteiger partial charge in [-0.15, -0.1) is 23.1 Å². The monoisotopic (exact) mass is 667 g/mol. The van der Waals surface area contributed by atoms with Crippen LogP contribution in [0.1, 0.15) is 29.1 Å². The SMILES string of the molecule is C=CC(=O)N1[C@H](C)CN(c2nc(=O)n3c4c(c(-c5csc(C(N)=O)c5)c(C(F)(F)F)cc24)SCC2(C3)CS(=O)(=O)C2)C[C@@H]1C. The van der Waals surface area contributed by atoms with Crippen LogP contribution < -0.4 is 16.3 Å². The summed E-state index contributed by atoms with van der Waals surface area (Å²) in [5, 5.41) is 1.52. The largest absolute Gasteiger partial charge is 0.417 e. The van der Waals surface area contributed by atoms with Gasteiger partial charge in [0.1, 0.15) is 5.82 Å². The third-order valence-corrected chi connectivity index (χ3v) is 12.8. The average molecular weight is 668 g/mol. The van der Waals surface area contributed by atoms with Crippen molar-refractivity contribution >= 4 is 61.5 Å². The summed E-state index contributed by atoms with van der Waals surface area (Å²) in [6.07, 6.45) is -3.63. The first-order valence-corrected chi connectivity index (χ1v) is 17.3. The lowest BCUT2D eigenvalue weighted by Gasteiger charge is -2.44. The number of carbonyl (C=O) groups is 2. The number of aromatic nitrogens is 2. The number of carbonyl (C=O) groups excluding carboxylic acids is 2. The number of piperazine rings is 1. The van der Waals surface area contributed by atoms with Gasteiger partial charge in [-0.2, -0.15) is 18.2 Å². The van der Waals surface area contributed by atoms with Gasteiger partial charge in [-0.05, 0) is 43.0 Å². The standard InChI is InChI=1S/C28H28F3N5O5S3/c1-4-20(37)36-14(2)7-34(8-15(36)3)25-17-6-18(28(29,30)31)21(16-5-19(24(32)38)42-9-16)23-22(17)35(26(39)33-25)10-27(11-43-23)12-44(40,41)13-27/h4-6,9,14-15H,1,7-8,10-13H2,2-3H3,(H2,32,38)/t14-,15+. The quantitative estimate of drug-likeness (QED) is 0.419. The van der Waals surface area contributed by atoms with Gasteiger partial charge >= 0.3 is 11.9 Å². The number of anilines is 1. The topological polar surface area (TPSA) is 136 Å². The number of hydrogen-bond acceptors (Lipinski definition) is 9. The highest BCUT2D eigenvalue weighted by Gasteiger charge is 2.51. The van der Waals surface area contributed by atoms with Crippen molar-refractivity contribution in [3.63, 3.8) is 0 Å². The molecule has 234 valence electrons. The van der Waals surface area contributed by atoms with Gasteiger partial charge < -0.3 is 15.5 Å². The molecular formula is C28H28F3N5O5S3. The van der Waals surface area contributed by atoms with E-state index < -0.39 is 38.6 Å². The average Bonchev–Trinajstić information content (AvgIpc) is 3.34. The summed E-state index contributed by atoms with van der Waals surface area (Å²) < 4.78 is 70.6. The molecule has 2 amide bonds. The Hall–Kier alpha value is -3.37. The van der Waals surface area contributed by atoms with E-state index in [1.807, 2.05) is 0 Å². The Balaban J connectivity index is 1.63. The summed E-state index contributed by atoms with van der Waals surface area (Å²) in [7, 11) is -3.35. The van der Waals surface area contributed by atoms with E-state index in [1.54, 1.807) is 23.6 Å². The number of sulfone groups is 1. The molecule has 2 fully saturated rings. The first kappa shape index (κ1) is 30.6. The van der Waals surface area contributed by atoms with Crippen molar-refractivity contribution in [2.24, 2.45) is 11.1 Å². The Labute approximate surface area is 258 Å². The van der Waals surface area contributed by atoms with E-state index in [9.17, 15) is 36.0 Å². The number of benzene rings is 1. The molecule has 3 aliphatic heterocycles. The third-order valence-electron chi connectivity index (χ3n) is 8.35. The molecular weight excluding hydrogens is 640 g/mol. The van der Waals surface area contributed by atoms with E-state index >= 15 is 0 Å². The number of thiophene rings is 1. The van der Waals surface area contributed by atoms with Crippen LogP contribution in [0.4, 0.5) is 19.0 Å². The molecule has 2 saturated heterocycles. The molecule has 16 heteroatoms. The van der Waals surface area contributed by atoms with Gasteiger partial charge in [-0.3, -0.25) is 14.2 Å². The molecule has 2 N–H and O–H groups in total. The minimum Gasteiger partial charge on any atom is -0.365 e. The molecule has 44 heavy (non-hydrogen) atoms. The Morgan fingerprint density at radius 2 is 1.84 bits per heavy atom. The molecule has 1 spiro atoms. The van der Waals surface area contributed by atoms with Crippen molar-refractivity contribution in [1.29, 1.82) is 0 Å². The summed E-state index contributed by atoms with van der Waals surface area (Å²) in [6.45, 7) is 7.54. The van der Waals surface area contributed by atoms with E-state index in [-0.39, 0.29) is 92.5 Å². The third kappa shape index (κ3) is 5.00. The summed E-state index contributed by atoms with van der Waals surface area (Å²) in [6, 6.07) is 1.56. The maximum absolute atomic E-state index is 14.9. The highest BCUT2D eigenvalue weighted by Crippen LogP contribution is 2.52. The molecule has 0 unspecified atom stereocenters. The molecule has 3 aliphatic rings. The molecule has 0 saturated carbocycles. The van der Waals surface area contributed by atoms with Crippen LogP contribution in [0.2, 0.25) is 0 Å². The van der Waals surface area contributed by atoms with Crippen molar-refractivity contribution in [1.82, 2.24) is 14.5 Å². The first-order chi connectivity index (χ1) is 20.5. The zero-order valence-corrected chi connectivity index (χ0v) is 26.1. The molecule has 0 radical (unpaired) electrons. The van der Waals surface area contributed by atoms with Gasteiger partial charge in [0.25, 0.3) is 5.91 Å². The number of halogens is 3. The second kappa shape index (κ2) is 10.3. The molecule has 5 heterocycles. The Morgan fingerprint density at radius 1 is 1.18 bits per heavy atom. The van der Waals surface area contributed by atoms with Crippen LogP contribution >= 0.6 is 23.1 Å². The van der Waals surface area contributed by atoms with Crippen molar-refractivity contribution in [2.75, 3.05) is 35.2 Å². The van der Waals surface area contributed by atoms with Crippen molar-refractivity contribution in [3.05, 3.63) is 51.1 Å². The molecule has 0 bridgehead atoms. The minimum absolute atomic E-state index is 0.0236.